The second-order valence-corrected chi connectivity index (χ2v) is 14.3. The number of halogens is 20. The van der Waals surface area contributed by atoms with E-state index in [0.29, 0.717) is 48.6 Å². The Morgan fingerprint density at radius 1 is 0.217 bits per heavy atom. The molecule has 5 heterocycles. The minimum Gasteiger partial charge on any atom is -0.354 e. The number of nitrogens with one attached hydrogen (secondary N) is 2. The molecule has 0 saturated heterocycles. The van der Waals surface area contributed by atoms with Gasteiger partial charge >= 0.3 is 16.5 Å². The molecule has 0 fully saturated rings. The van der Waals surface area contributed by atoms with Crippen LogP contribution in [0.2, 0.25) is 0 Å². The predicted molar refractivity (Wildman–Crippen MR) is 200 cm³/mol. The Hall–Kier alpha value is -7.43. The molecule has 8 bridgehead atoms. The Labute approximate surface area is 377 Å². The van der Waals surface area contributed by atoms with Crippen molar-refractivity contribution in [3.8, 4) is 44.5 Å². The van der Waals surface area contributed by atoms with E-state index in [2.05, 4.69) is 19.9 Å². The zero-order valence-electron chi connectivity index (χ0n) is 32.4. The molecule has 0 spiro atoms. The summed E-state index contributed by atoms with van der Waals surface area (Å²) in [6.45, 7) is 0. The summed E-state index contributed by atoms with van der Waals surface area (Å²) in [4.78, 5) is 12.3. The largest absolute Gasteiger partial charge is 2.00 e. The van der Waals surface area contributed by atoms with Crippen molar-refractivity contribution in [2.24, 2.45) is 0 Å². The van der Waals surface area contributed by atoms with E-state index < -0.39 is 206 Å². The van der Waals surface area contributed by atoms with E-state index in [0.717, 1.165) is 0 Å². The van der Waals surface area contributed by atoms with Gasteiger partial charge in [0.2, 0.25) is 23.3 Å². The maximum absolute atomic E-state index is 15.8. The molecule has 7 aromatic rings. The quantitative estimate of drug-likeness (QED) is 0.0799. The zero-order chi connectivity index (χ0) is 49.3. The van der Waals surface area contributed by atoms with Crippen molar-refractivity contribution in [2.45, 2.75) is 0 Å². The van der Waals surface area contributed by atoms with Crippen molar-refractivity contribution in [1.29, 1.82) is 0 Å². The summed E-state index contributed by atoms with van der Waals surface area (Å²) < 4.78 is 303. The van der Waals surface area contributed by atoms with E-state index in [-0.39, 0.29) is 16.5 Å². The minimum absolute atomic E-state index is 0. The third-order valence-corrected chi connectivity index (χ3v) is 10.6. The van der Waals surface area contributed by atoms with E-state index in [9.17, 15) is 52.7 Å². The fourth-order valence-corrected chi connectivity index (χ4v) is 7.56. The first-order chi connectivity index (χ1) is 32.1. The first-order valence-corrected chi connectivity index (χ1v) is 18.3. The standard InChI is InChI=1S/C44H10F20N4.Ni/c45-25-21(26(46)34(54)41(61)33(25)53)17-9-1-2-10(65-9)18(22-27(47)35(55)42(62)36(56)28(22)48)12-5-6-14(67-12)20(24-31(51)39(59)44(64)40(60)32(24)52)16-8-7-15(68-16)19(13-4-3-11(17)66-13)23-29(49)37(57)43(63)38(58)30(23)50;/h1-8,65,68H;/q;+2. The van der Waals surface area contributed by atoms with E-state index in [1.807, 2.05) is 0 Å². The van der Waals surface area contributed by atoms with E-state index in [1.165, 1.54) is 0 Å². The number of aromatic nitrogens is 4. The summed E-state index contributed by atoms with van der Waals surface area (Å²) >= 11 is 0. The molecule has 2 aliphatic heterocycles. The number of benzene rings is 4. The summed E-state index contributed by atoms with van der Waals surface area (Å²) in [6.07, 6.45) is 2.40. The third kappa shape index (κ3) is 6.98. The molecular weight excluding hydrogens is 1020 g/mol. The average molecular weight is 1030 g/mol. The average Bonchev–Trinajstić information content (AvgIpc) is 4.18. The number of aromatic amines is 2. The van der Waals surface area contributed by atoms with Gasteiger partial charge in [-0.15, -0.1) is 0 Å². The van der Waals surface area contributed by atoms with Crippen LogP contribution in [0.15, 0.2) is 24.3 Å². The van der Waals surface area contributed by atoms with Gasteiger partial charge in [0, 0.05) is 44.3 Å². The van der Waals surface area contributed by atoms with Gasteiger partial charge in [-0.25, -0.2) is 97.8 Å². The van der Waals surface area contributed by atoms with Crippen molar-refractivity contribution in [2.75, 3.05) is 0 Å². The molecule has 0 aliphatic carbocycles. The van der Waals surface area contributed by atoms with Gasteiger partial charge in [0.1, 0.15) is 0 Å². The molecule has 0 unspecified atom stereocenters. The maximum atomic E-state index is 15.8. The smallest absolute Gasteiger partial charge is 0.354 e. The molecule has 25 heteroatoms. The number of hydrogen-bond acceptors (Lipinski definition) is 2. The first kappa shape index (κ1) is 48.0. The summed E-state index contributed by atoms with van der Waals surface area (Å²) in [5.41, 5.74) is -20.5. The van der Waals surface area contributed by atoms with Crippen molar-refractivity contribution in [3.63, 3.8) is 0 Å². The molecular formula is C44H10F20N4Ni+2. The molecule has 4 nitrogen and oxygen atoms in total. The molecule has 0 amide bonds. The number of nitrogens with zero attached hydrogens (tertiary/aromatic N) is 2. The molecule has 69 heavy (non-hydrogen) atoms. The SMILES string of the molecule is Fc1c(F)c(F)c(-c2c3nc(c(-c4c(F)c(F)c(F)c(F)c4F)c4ccc([nH]4)c(-c4c(F)c(F)c(F)c(F)c4F)c4nc(c(-c5c(F)c(F)c(F)c(F)c5F)c5ccc2[nH]5)C=C4)C=C3)c(F)c1F.[Ni+2]. The summed E-state index contributed by atoms with van der Waals surface area (Å²) in [6, 6.07) is 2.51. The van der Waals surface area contributed by atoms with Crippen LogP contribution in [0.5, 0.6) is 0 Å². The number of fused-ring (bicyclic) bond motifs is 8. The molecule has 4 aromatic carbocycles. The Morgan fingerprint density at radius 3 is 0.522 bits per heavy atom. The van der Waals surface area contributed by atoms with E-state index in [1.54, 1.807) is 0 Å². The fourth-order valence-electron chi connectivity index (χ4n) is 7.56. The van der Waals surface area contributed by atoms with Gasteiger partial charge in [-0.2, -0.15) is 0 Å². The minimum atomic E-state index is -2.72. The third-order valence-electron chi connectivity index (χ3n) is 10.6. The Balaban J connectivity index is 0.00000642. The van der Waals surface area contributed by atoms with Crippen LogP contribution < -0.4 is 0 Å². The molecule has 0 radical (unpaired) electrons. The van der Waals surface area contributed by atoms with Gasteiger partial charge in [-0.1, -0.05) is 0 Å². The number of hydrogen-bond donors (Lipinski definition) is 2. The second kappa shape index (κ2) is 17.0. The van der Waals surface area contributed by atoms with Crippen LogP contribution >= 0.6 is 0 Å². The normalized spacial score (nSPS) is 12.1. The summed E-state index contributed by atoms with van der Waals surface area (Å²) in [5.74, 6) is -52.6. The number of rotatable bonds is 4. The van der Waals surface area contributed by atoms with Crippen molar-refractivity contribution in [3.05, 3.63) is 163 Å². The Morgan fingerprint density at radius 2 is 0.362 bits per heavy atom. The Kier molecular flexibility index (Phi) is 11.8. The molecule has 3 aromatic heterocycles. The predicted octanol–water partition coefficient (Wildman–Crippen LogP) is 14.1. The van der Waals surface area contributed by atoms with Crippen molar-refractivity contribution < 1.29 is 104 Å². The monoisotopic (exact) mass is 1030 g/mol. The van der Waals surface area contributed by atoms with Crippen LogP contribution in [0, 0.1) is 116 Å². The second-order valence-electron chi connectivity index (χ2n) is 14.3. The van der Waals surface area contributed by atoms with Gasteiger partial charge in [0.15, 0.2) is 93.1 Å². The van der Waals surface area contributed by atoms with Gasteiger partial charge in [-0.3, -0.25) is 0 Å². The Bertz CT molecular complexity index is 3120. The molecule has 0 saturated carbocycles. The van der Waals surface area contributed by atoms with Gasteiger partial charge in [0.25, 0.3) is 0 Å². The molecule has 9 rings (SSSR count). The van der Waals surface area contributed by atoms with Crippen LogP contribution in [-0.2, 0) is 16.5 Å². The van der Waals surface area contributed by atoms with Crippen LogP contribution in [0.4, 0.5) is 87.8 Å². The summed E-state index contributed by atoms with van der Waals surface area (Å²) in [5, 5.41) is 0. The van der Waals surface area contributed by atoms with Crippen LogP contribution in [-0.4, -0.2) is 19.9 Å². The zero-order valence-corrected chi connectivity index (χ0v) is 33.4. The van der Waals surface area contributed by atoms with Crippen molar-refractivity contribution in [1.82, 2.24) is 19.9 Å². The van der Waals surface area contributed by atoms with E-state index >= 15 is 35.1 Å². The van der Waals surface area contributed by atoms with Gasteiger partial charge in [0.05, 0.1) is 45.0 Å². The summed E-state index contributed by atoms with van der Waals surface area (Å²) in [7, 11) is 0. The topological polar surface area (TPSA) is 57.4 Å². The molecule has 2 aliphatic rings. The van der Waals surface area contributed by atoms with Crippen LogP contribution in [0.1, 0.15) is 22.8 Å². The van der Waals surface area contributed by atoms with Crippen LogP contribution in [0.3, 0.4) is 0 Å². The van der Waals surface area contributed by atoms with Crippen molar-refractivity contribution >= 4 is 46.4 Å². The molecule has 0 atom stereocenters. The van der Waals surface area contributed by atoms with E-state index in [4.69, 9.17) is 0 Å². The van der Waals surface area contributed by atoms with Gasteiger partial charge < -0.3 is 9.97 Å². The maximum Gasteiger partial charge on any atom is 2.00 e. The molecule has 354 valence electrons. The first-order valence-electron chi connectivity index (χ1n) is 18.3. The van der Waals surface area contributed by atoms with Gasteiger partial charge in [-0.05, 0) is 48.6 Å². The molecule has 2 N–H and O–H groups in total. The van der Waals surface area contributed by atoms with Crippen LogP contribution in [0.25, 0.3) is 90.9 Å². The fraction of sp³-hybridized carbons (Fsp3) is 0. The number of H-pyrrole nitrogens is 2.